The molecule has 0 amide bonds. The zero-order chi connectivity index (χ0) is 13.1. The Hall–Kier alpha value is -2.10. The molecule has 1 heterocycles. The van der Waals surface area contributed by atoms with Crippen molar-refractivity contribution in [1.82, 2.24) is 9.78 Å². The van der Waals surface area contributed by atoms with Crippen LogP contribution < -0.4 is 0 Å². The molecule has 1 N–H and O–H groups in total. The molecule has 4 heteroatoms. The van der Waals surface area contributed by atoms with Crippen molar-refractivity contribution in [2.75, 3.05) is 0 Å². The first-order valence-corrected chi connectivity index (χ1v) is 5.93. The Morgan fingerprint density at radius 1 is 1.33 bits per heavy atom. The number of carboxylic acids is 1. The van der Waals surface area contributed by atoms with Gasteiger partial charge in [0.1, 0.15) is 0 Å². The van der Waals surface area contributed by atoms with Gasteiger partial charge in [-0.05, 0) is 18.1 Å². The topological polar surface area (TPSA) is 55.1 Å². The fourth-order valence-electron chi connectivity index (χ4n) is 2.08. The summed E-state index contributed by atoms with van der Waals surface area (Å²) in [7, 11) is 0. The number of aliphatic carboxylic acids is 1. The minimum absolute atomic E-state index is 0.0142. The molecule has 0 atom stereocenters. The Morgan fingerprint density at radius 2 is 2.00 bits per heavy atom. The van der Waals surface area contributed by atoms with Crippen LogP contribution in [0.4, 0.5) is 0 Å². The lowest BCUT2D eigenvalue weighted by Gasteiger charge is -2.12. The van der Waals surface area contributed by atoms with Gasteiger partial charge in [0.15, 0.2) is 0 Å². The molecule has 2 rings (SSSR count). The predicted octanol–water partition coefficient (Wildman–Crippen LogP) is 2.62. The fraction of sp³-hybridized carbons (Fsp3) is 0.286. The highest BCUT2D eigenvalue weighted by molar-refractivity contribution is 5.70. The Balaban J connectivity index is 2.49. The number of nitrogens with zero attached hydrogens (tertiary/aromatic N) is 2. The molecule has 0 aliphatic heterocycles. The van der Waals surface area contributed by atoms with E-state index in [0.717, 1.165) is 16.9 Å². The van der Waals surface area contributed by atoms with E-state index >= 15 is 0 Å². The van der Waals surface area contributed by atoms with E-state index in [2.05, 4.69) is 5.10 Å². The highest BCUT2D eigenvalue weighted by Gasteiger charge is 2.17. The molecule has 0 saturated heterocycles. The molecule has 0 spiro atoms. The Labute approximate surface area is 106 Å². The summed E-state index contributed by atoms with van der Waals surface area (Å²) in [5, 5.41) is 13.2. The smallest absolute Gasteiger partial charge is 0.307 e. The molecule has 1 aromatic carbocycles. The monoisotopic (exact) mass is 244 g/mol. The quantitative estimate of drug-likeness (QED) is 0.899. The Bertz CT molecular complexity index is 544. The van der Waals surface area contributed by atoms with Gasteiger partial charge in [-0.25, -0.2) is 4.68 Å². The summed E-state index contributed by atoms with van der Waals surface area (Å²) in [4.78, 5) is 10.9. The number of rotatable bonds is 4. The molecule has 2 aromatic rings. The minimum atomic E-state index is -0.829. The van der Waals surface area contributed by atoms with Crippen LogP contribution in [0.15, 0.2) is 36.5 Å². The summed E-state index contributed by atoms with van der Waals surface area (Å²) in [6.45, 7) is 4.09. The first kappa shape index (κ1) is 12.4. The number of hydrogen-bond acceptors (Lipinski definition) is 2. The number of para-hydroxylation sites is 1. The van der Waals surface area contributed by atoms with Crippen molar-refractivity contribution in [3.8, 4) is 5.69 Å². The Kier molecular flexibility index (Phi) is 3.46. The summed E-state index contributed by atoms with van der Waals surface area (Å²) in [6.07, 6.45) is 1.66. The van der Waals surface area contributed by atoms with Crippen LogP contribution >= 0.6 is 0 Å². The molecule has 0 radical (unpaired) electrons. The maximum Gasteiger partial charge on any atom is 0.307 e. The average Bonchev–Trinajstić information content (AvgIpc) is 2.73. The van der Waals surface area contributed by atoms with Crippen LogP contribution in [-0.4, -0.2) is 20.9 Å². The fourth-order valence-corrected chi connectivity index (χ4v) is 2.08. The highest BCUT2D eigenvalue weighted by atomic mass is 16.4. The van der Waals surface area contributed by atoms with Crippen LogP contribution in [0.2, 0.25) is 0 Å². The zero-order valence-electron chi connectivity index (χ0n) is 10.5. The van der Waals surface area contributed by atoms with Crippen molar-refractivity contribution >= 4 is 5.97 Å². The van der Waals surface area contributed by atoms with E-state index < -0.39 is 5.97 Å². The summed E-state index contributed by atoms with van der Waals surface area (Å²) in [5.74, 6) is -0.605. The molecule has 0 aliphatic rings. The van der Waals surface area contributed by atoms with Crippen molar-refractivity contribution in [2.45, 2.75) is 26.2 Å². The van der Waals surface area contributed by atoms with Gasteiger partial charge in [0.25, 0.3) is 0 Å². The SMILES string of the molecule is CC(C)c1c(CC(=O)O)cnn1-c1ccccc1. The average molecular weight is 244 g/mol. The lowest BCUT2D eigenvalue weighted by Crippen LogP contribution is -2.08. The summed E-state index contributed by atoms with van der Waals surface area (Å²) < 4.78 is 1.82. The second-order valence-corrected chi connectivity index (χ2v) is 4.53. The van der Waals surface area contributed by atoms with E-state index in [1.807, 2.05) is 48.9 Å². The molecular weight excluding hydrogens is 228 g/mol. The van der Waals surface area contributed by atoms with Gasteiger partial charge in [-0.15, -0.1) is 0 Å². The molecular formula is C14H16N2O2. The van der Waals surface area contributed by atoms with Crippen molar-refractivity contribution in [1.29, 1.82) is 0 Å². The van der Waals surface area contributed by atoms with E-state index in [1.165, 1.54) is 0 Å². The maximum absolute atomic E-state index is 10.9. The van der Waals surface area contributed by atoms with Gasteiger partial charge in [0.2, 0.25) is 0 Å². The van der Waals surface area contributed by atoms with Gasteiger partial charge in [-0.2, -0.15) is 5.10 Å². The van der Waals surface area contributed by atoms with Crippen LogP contribution in [0, 0.1) is 0 Å². The first-order valence-electron chi connectivity index (χ1n) is 5.93. The number of carbonyl (C=O) groups is 1. The molecule has 0 saturated carbocycles. The van der Waals surface area contributed by atoms with Crippen LogP contribution in [-0.2, 0) is 11.2 Å². The van der Waals surface area contributed by atoms with Gasteiger partial charge in [-0.3, -0.25) is 4.79 Å². The van der Waals surface area contributed by atoms with Crippen LogP contribution in [0.1, 0.15) is 31.0 Å². The molecule has 94 valence electrons. The van der Waals surface area contributed by atoms with Gasteiger partial charge in [0, 0.05) is 5.56 Å². The second-order valence-electron chi connectivity index (χ2n) is 4.53. The number of aromatic nitrogens is 2. The normalized spacial score (nSPS) is 10.8. The lowest BCUT2D eigenvalue weighted by molar-refractivity contribution is -0.136. The van der Waals surface area contributed by atoms with E-state index in [0.29, 0.717) is 0 Å². The van der Waals surface area contributed by atoms with Gasteiger partial charge in [0.05, 0.1) is 24.0 Å². The summed E-state index contributed by atoms with van der Waals surface area (Å²) in [5.41, 5.74) is 2.70. The highest BCUT2D eigenvalue weighted by Crippen LogP contribution is 2.23. The third-order valence-corrected chi connectivity index (χ3v) is 2.78. The van der Waals surface area contributed by atoms with Crippen LogP contribution in [0.25, 0.3) is 5.69 Å². The molecule has 1 aromatic heterocycles. The number of benzene rings is 1. The molecule has 4 nitrogen and oxygen atoms in total. The molecule has 0 fully saturated rings. The van der Waals surface area contributed by atoms with Crippen LogP contribution in [0.5, 0.6) is 0 Å². The Morgan fingerprint density at radius 3 is 2.56 bits per heavy atom. The zero-order valence-corrected chi connectivity index (χ0v) is 10.5. The van der Waals surface area contributed by atoms with E-state index in [-0.39, 0.29) is 12.3 Å². The molecule has 18 heavy (non-hydrogen) atoms. The summed E-state index contributed by atoms with van der Waals surface area (Å²) >= 11 is 0. The third-order valence-electron chi connectivity index (χ3n) is 2.78. The minimum Gasteiger partial charge on any atom is -0.481 e. The van der Waals surface area contributed by atoms with Crippen molar-refractivity contribution in [2.24, 2.45) is 0 Å². The third kappa shape index (κ3) is 2.42. The maximum atomic E-state index is 10.9. The lowest BCUT2D eigenvalue weighted by atomic mass is 10.0. The van der Waals surface area contributed by atoms with Crippen molar-refractivity contribution in [3.05, 3.63) is 47.8 Å². The molecule has 0 aliphatic carbocycles. The van der Waals surface area contributed by atoms with Gasteiger partial charge in [-0.1, -0.05) is 32.0 Å². The number of hydrogen-bond donors (Lipinski definition) is 1. The first-order chi connectivity index (χ1) is 8.59. The number of carboxylic acid groups (broad SMARTS) is 1. The predicted molar refractivity (Wildman–Crippen MR) is 69.0 cm³/mol. The van der Waals surface area contributed by atoms with E-state index in [1.54, 1.807) is 6.20 Å². The van der Waals surface area contributed by atoms with Gasteiger partial charge < -0.3 is 5.11 Å². The summed E-state index contributed by atoms with van der Waals surface area (Å²) in [6, 6.07) is 9.75. The molecule has 0 bridgehead atoms. The van der Waals surface area contributed by atoms with E-state index in [4.69, 9.17) is 5.11 Å². The van der Waals surface area contributed by atoms with Gasteiger partial charge >= 0.3 is 5.97 Å². The van der Waals surface area contributed by atoms with Crippen molar-refractivity contribution in [3.63, 3.8) is 0 Å². The van der Waals surface area contributed by atoms with E-state index in [9.17, 15) is 4.79 Å². The second kappa shape index (κ2) is 5.04. The molecule has 0 unspecified atom stereocenters. The standard InChI is InChI=1S/C14H16N2O2/c1-10(2)14-11(8-13(17)18)9-15-16(14)12-6-4-3-5-7-12/h3-7,9-10H,8H2,1-2H3,(H,17,18). The largest absolute Gasteiger partial charge is 0.481 e. The van der Waals surface area contributed by atoms with Crippen LogP contribution in [0.3, 0.4) is 0 Å². The van der Waals surface area contributed by atoms with Crippen molar-refractivity contribution < 1.29 is 9.90 Å².